The van der Waals surface area contributed by atoms with Crippen LogP contribution in [-0.4, -0.2) is 70.4 Å². The molecule has 0 N–H and O–H groups in total. The number of carbonyl (C=O) groups excluding carboxylic acids is 1. The molecule has 0 aliphatic carbocycles. The van der Waals surface area contributed by atoms with Gasteiger partial charge in [0.25, 0.3) is 6.08 Å². The summed E-state index contributed by atoms with van der Waals surface area (Å²) in [6.45, 7) is 7.49. The Kier molecular flexibility index (Phi) is 6.00. The van der Waals surface area contributed by atoms with Crippen LogP contribution in [0.2, 0.25) is 0 Å². The number of hydrogen-bond donors (Lipinski definition) is 0. The van der Waals surface area contributed by atoms with Crippen LogP contribution in [0.15, 0.2) is 11.7 Å². The Bertz CT molecular complexity index is 929. The van der Waals surface area contributed by atoms with Crippen molar-refractivity contribution in [1.82, 2.24) is 19.8 Å². The van der Waals surface area contributed by atoms with Crippen LogP contribution in [0.4, 0.5) is 13.6 Å². The third kappa shape index (κ3) is 4.51. The summed E-state index contributed by atoms with van der Waals surface area (Å²) < 4.78 is 43.3. The molecule has 4 heterocycles. The molecule has 176 valence electrons. The van der Waals surface area contributed by atoms with E-state index in [1.807, 2.05) is 20.8 Å². The molecule has 0 bridgehead atoms. The van der Waals surface area contributed by atoms with E-state index in [-0.39, 0.29) is 31.3 Å². The van der Waals surface area contributed by atoms with E-state index >= 15 is 0 Å². The van der Waals surface area contributed by atoms with E-state index in [4.69, 9.17) is 14.2 Å². The number of methoxy groups -OCH3 is 1. The van der Waals surface area contributed by atoms with Gasteiger partial charge in [-0.2, -0.15) is 18.7 Å². The molecule has 1 atom stereocenters. The third-order valence-corrected chi connectivity index (χ3v) is 6.25. The highest BCUT2D eigenvalue weighted by Gasteiger charge is 2.48. The average molecular weight is 453 g/mol. The Morgan fingerprint density at radius 3 is 2.66 bits per heavy atom. The highest BCUT2D eigenvalue weighted by Crippen LogP contribution is 2.43. The van der Waals surface area contributed by atoms with Gasteiger partial charge in [-0.05, 0) is 53.0 Å². The highest BCUT2D eigenvalue weighted by molar-refractivity contribution is 5.68. The Hall–Kier alpha value is -2.49. The Morgan fingerprint density at radius 2 is 1.97 bits per heavy atom. The Balaban J connectivity index is 1.51. The predicted octanol–water partition coefficient (Wildman–Crippen LogP) is 3.55. The van der Waals surface area contributed by atoms with Gasteiger partial charge in [0.2, 0.25) is 5.88 Å². The summed E-state index contributed by atoms with van der Waals surface area (Å²) in [6.07, 6.45) is 0.584. The number of hydrogen-bond acceptors (Lipinski definition) is 7. The van der Waals surface area contributed by atoms with Crippen LogP contribution in [0, 0.1) is 0 Å². The standard InChI is InChI=1S/C22H30F2N4O4/c1-21(2,3)32-20(29)27-9-6-15-16(12-27)25-19(26-18(15)30-4)31-13-22-7-5-8-28(22)11-14(10-22)17(23)24/h5-13H2,1-4H3. The molecule has 2 saturated heterocycles. The Labute approximate surface area is 186 Å². The first-order valence-electron chi connectivity index (χ1n) is 10.9. The van der Waals surface area contributed by atoms with E-state index in [1.165, 1.54) is 7.11 Å². The normalized spacial score (nSPS) is 23.1. The van der Waals surface area contributed by atoms with E-state index in [1.54, 1.807) is 4.90 Å². The van der Waals surface area contributed by atoms with Crippen molar-refractivity contribution in [2.45, 2.75) is 64.1 Å². The fourth-order valence-corrected chi connectivity index (χ4v) is 4.75. The third-order valence-electron chi connectivity index (χ3n) is 6.25. The average Bonchev–Trinajstić information content (AvgIpc) is 3.27. The van der Waals surface area contributed by atoms with Crippen LogP contribution in [0.3, 0.4) is 0 Å². The van der Waals surface area contributed by atoms with Gasteiger partial charge >= 0.3 is 12.1 Å². The first-order chi connectivity index (χ1) is 15.1. The maximum atomic E-state index is 13.2. The second-order valence-corrected chi connectivity index (χ2v) is 9.67. The van der Waals surface area contributed by atoms with Crippen molar-refractivity contribution in [1.29, 1.82) is 0 Å². The number of carbonyl (C=O) groups is 1. The summed E-state index contributed by atoms with van der Waals surface area (Å²) in [5, 5.41) is 0. The smallest absolute Gasteiger partial charge is 0.410 e. The largest absolute Gasteiger partial charge is 0.481 e. The van der Waals surface area contributed by atoms with Crippen molar-refractivity contribution in [2.24, 2.45) is 0 Å². The van der Waals surface area contributed by atoms with Crippen molar-refractivity contribution in [3.63, 3.8) is 0 Å². The molecule has 0 spiro atoms. The molecule has 32 heavy (non-hydrogen) atoms. The monoisotopic (exact) mass is 452 g/mol. The number of halogens is 2. The summed E-state index contributed by atoms with van der Waals surface area (Å²) in [5.41, 5.74) is 0.630. The van der Waals surface area contributed by atoms with Crippen molar-refractivity contribution >= 4 is 6.09 Å². The van der Waals surface area contributed by atoms with Gasteiger partial charge in [0.05, 0.1) is 24.9 Å². The highest BCUT2D eigenvalue weighted by atomic mass is 19.3. The van der Waals surface area contributed by atoms with Gasteiger partial charge in [-0.1, -0.05) is 0 Å². The summed E-state index contributed by atoms with van der Waals surface area (Å²) >= 11 is 0. The van der Waals surface area contributed by atoms with Gasteiger partial charge in [0.1, 0.15) is 12.2 Å². The number of amides is 1. The summed E-state index contributed by atoms with van der Waals surface area (Å²) in [4.78, 5) is 25.1. The van der Waals surface area contributed by atoms with Gasteiger partial charge in [-0.3, -0.25) is 4.90 Å². The van der Waals surface area contributed by atoms with Crippen LogP contribution in [0.25, 0.3) is 0 Å². The van der Waals surface area contributed by atoms with Crippen molar-refractivity contribution < 1.29 is 27.8 Å². The van der Waals surface area contributed by atoms with Crippen molar-refractivity contribution in [2.75, 3.05) is 33.4 Å². The number of aromatic nitrogens is 2. The molecule has 8 nitrogen and oxygen atoms in total. The SMILES string of the molecule is COc1nc(OCC23CCCN2CC(=C(F)F)C3)nc2c1CCN(C(=O)OC(C)(C)C)C2. The molecule has 1 aromatic heterocycles. The number of nitrogens with zero attached hydrogens (tertiary/aromatic N) is 4. The quantitative estimate of drug-likeness (QED) is 0.692. The predicted molar refractivity (Wildman–Crippen MR) is 112 cm³/mol. The van der Waals surface area contributed by atoms with Crippen LogP contribution in [0.5, 0.6) is 11.9 Å². The lowest BCUT2D eigenvalue weighted by atomic mass is 9.94. The molecule has 1 unspecified atom stereocenters. The Morgan fingerprint density at radius 1 is 1.19 bits per heavy atom. The lowest BCUT2D eigenvalue weighted by Gasteiger charge is -2.32. The fraction of sp³-hybridized carbons (Fsp3) is 0.682. The van der Waals surface area contributed by atoms with E-state index in [0.717, 1.165) is 24.9 Å². The van der Waals surface area contributed by atoms with E-state index in [9.17, 15) is 13.6 Å². The topological polar surface area (TPSA) is 77.0 Å². The second-order valence-electron chi connectivity index (χ2n) is 9.67. The molecular formula is C22H30F2N4O4. The molecular weight excluding hydrogens is 422 g/mol. The van der Waals surface area contributed by atoms with Gasteiger partial charge < -0.3 is 19.1 Å². The fourth-order valence-electron chi connectivity index (χ4n) is 4.75. The van der Waals surface area contributed by atoms with Crippen molar-refractivity contribution in [3.05, 3.63) is 22.9 Å². The molecule has 3 aliphatic heterocycles. The lowest BCUT2D eigenvalue weighted by Crippen LogP contribution is -2.43. The van der Waals surface area contributed by atoms with Gasteiger partial charge in [0.15, 0.2) is 0 Å². The van der Waals surface area contributed by atoms with Gasteiger partial charge in [0, 0.05) is 24.2 Å². The number of rotatable bonds is 4. The van der Waals surface area contributed by atoms with E-state index in [0.29, 0.717) is 31.0 Å². The molecule has 1 amide bonds. The summed E-state index contributed by atoms with van der Waals surface area (Å²) in [7, 11) is 1.53. The second kappa shape index (κ2) is 8.46. The maximum absolute atomic E-state index is 13.2. The molecule has 0 radical (unpaired) electrons. The minimum Gasteiger partial charge on any atom is -0.481 e. The first kappa shape index (κ1) is 22.7. The van der Waals surface area contributed by atoms with Crippen molar-refractivity contribution in [3.8, 4) is 11.9 Å². The molecule has 2 fully saturated rings. The molecule has 3 aliphatic rings. The molecule has 0 aromatic carbocycles. The van der Waals surface area contributed by atoms with Gasteiger partial charge in [-0.15, -0.1) is 0 Å². The van der Waals surface area contributed by atoms with Gasteiger partial charge in [-0.25, -0.2) is 4.79 Å². The lowest BCUT2D eigenvalue weighted by molar-refractivity contribution is 0.0218. The van der Waals surface area contributed by atoms with Crippen LogP contribution < -0.4 is 9.47 Å². The molecule has 10 heteroatoms. The maximum Gasteiger partial charge on any atom is 0.410 e. The first-order valence-corrected chi connectivity index (χ1v) is 10.9. The minimum atomic E-state index is -1.59. The van der Waals surface area contributed by atoms with E-state index < -0.39 is 23.3 Å². The zero-order valence-electron chi connectivity index (χ0n) is 19.0. The minimum absolute atomic E-state index is 0.131. The molecule has 1 aromatic rings. The summed E-state index contributed by atoms with van der Waals surface area (Å²) in [5.74, 6) is 0.413. The zero-order chi connectivity index (χ0) is 23.1. The van der Waals surface area contributed by atoms with Crippen LogP contribution in [0.1, 0.15) is 51.3 Å². The zero-order valence-corrected chi connectivity index (χ0v) is 19.0. The molecule has 0 saturated carbocycles. The van der Waals surface area contributed by atoms with Crippen LogP contribution in [-0.2, 0) is 17.7 Å². The van der Waals surface area contributed by atoms with E-state index in [2.05, 4.69) is 14.9 Å². The summed E-state index contributed by atoms with van der Waals surface area (Å²) in [6, 6.07) is 0.131. The molecule has 4 rings (SSSR count). The number of fused-ring (bicyclic) bond motifs is 2. The van der Waals surface area contributed by atoms with Crippen LogP contribution >= 0.6 is 0 Å². The number of ether oxygens (including phenoxy) is 3.